The van der Waals surface area contributed by atoms with Crippen LogP contribution in [0.15, 0.2) is 36.5 Å². The first kappa shape index (κ1) is 15.4. The molecule has 1 N–H and O–H groups in total. The molecule has 2 aromatic rings. The lowest BCUT2D eigenvalue weighted by atomic mass is 10.1. The minimum Gasteiger partial charge on any atom is -0.354 e. The third kappa shape index (κ3) is 4.26. The van der Waals surface area contributed by atoms with E-state index in [1.165, 1.54) is 5.56 Å². The smallest absolute Gasteiger partial charge is 0.128 e. The summed E-state index contributed by atoms with van der Waals surface area (Å²) in [4.78, 5) is 11.1. The van der Waals surface area contributed by atoms with E-state index in [9.17, 15) is 0 Å². The van der Waals surface area contributed by atoms with E-state index in [1.54, 1.807) is 0 Å². The van der Waals surface area contributed by atoms with Crippen molar-refractivity contribution in [3.8, 4) is 0 Å². The van der Waals surface area contributed by atoms with Crippen molar-refractivity contribution in [3.63, 3.8) is 0 Å². The van der Waals surface area contributed by atoms with E-state index in [2.05, 4.69) is 52.2 Å². The predicted molar refractivity (Wildman–Crippen MR) is 87.4 cm³/mol. The number of nitrogens with zero attached hydrogens (tertiary/aromatic N) is 3. The van der Waals surface area contributed by atoms with Gasteiger partial charge >= 0.3 is 0 Å². The van der Waals surface area contributed by atoms with E-state index >= 15 is 0 Å². The minimum absolute atomic E-state index is 0.335. The number of aryl methyl sites for hydroxylation is 1. The van der Waals surface area contributed by atoms with Crippen LogP contribution in [0.4, 0.5) is 5.82 Å². The maximum atomic E-state index is 4.54. The van der Waals surface area contributed by atoms with Crippen LogP contribution in [0, 0.1) is 6.92 Å². The molecule has 2 rings (SSSR count). The minimum atomic E-state index is 0.335. The fraction of sp³-hybridized carbons (Fsp3) is 0.412. The van der Waals surface area contributed by atoms with Crippen LogP contribution in [0.25, 0.3) is 0 Å². The lowest BCUT2D eigenvalue weighted by Crippen LogP contribution is -2.21. The van der Waals surface area contributed by atoms with Crippen molar-refractivity contribution in [1.82, 2.24) is 15.3 Å². The van der Waals surface area contributed by atoms with Crippen molar-refractivity contribution in [3.05, 3.63) is 53.5 Å². The lowest BCUT2D eigenvalue weighted by Gasteiger charge is -2.20. The molecule has 0 aliphatic carbocycles. The quantitative estimate of drug-likeness (QED) is 0.885. The van der Waals surface area contributed by atoms with E-state index in [4.69, 9.17) is 0 Å². The van der Waals surface area contributed by atoms with Crippen molar-refractivity contribution in [2.45, 2.75) is 33.4 Å². The SMILES string of the molecule is CCNC(C)c1ccnc(N(C)Cc2cccc(C)n2)c1. The number of nitrogens with one attached hydrogen (secondary N) is 1. The van der Waals surface area contributed by atoms with Gasteiger partial charge in [0.1, 0.15) is 5.82 Å². The third-order valence-electron chi connectivity index (χ3n) is 3.52. The second-order valence-electron chi connectivity index (χ2n) is 5.35. The van der Waals surface area contributed by atoms with E-state index in [-0.39, 0.29) is 0 Å². The highest BCUT2D eigenvalue weighted by Crippen LogP contribution is 2.18. The maximum Gasteiger partial charge on any atom is 0.128 e. The Morgan fingerprint density at radius 1 is 1.29 bits per heavy atom. The summed E-state index contributed by atoms with van der Waals surface area (Å²) in [6.07, 6.45) is 1.87. The second-order valence-corrected chi connectivity index (χ2v) is 5.35. The molecule has 0 radical (unpaired) electrons. The van der Waals surface area contributed by atoms with Gasteiger partial charge < -0.3 is 10.2 Å². The Bertz CT molecular complexity index is 583. The molecule has 1 atom stereocenters. The molecule has 0 saturated heterocycles. The second kappa shape index (κ2) is 7.18. The van der Waals surface area contributed by atoms with Crippen LogP contribution >= 0.6 is 0 Å². The summed E-state index contributed by atoms with van der Waals surface area (Å²) >= 11 is 0. The molecule has 2 aromatic heterocycles. The molecule has 0 saturated carbocycles. The Morgan fingerprint density at radius 2 is 2.10 bits per heavy atom. The molecule has 2 heterocycles. The van der Waals surface area contributed by atoms with Crippen LogP contribution in [0.5, 0.6) is 0 Å². The van der Waals surface area contributed by atoms with Crippen molar-refractivity contribution in [2.24, 2.45) is 0 Å². The molecule has 0 bridgehead atoms. The fourth-order valence-electron chi connectivity index (χ4n) is 2.35. The summed E-state index contributed by atoms with van der Waals surface area (Å²) in [5.41, 5.74) is 3.36. The number of rotatable bonds is 6. The number of aromatic nitrogens is 2. The Balaban J connectivity index is 2.12. The highest BCUT2D eigenvalue weighted by Gasteiger charge is 2.09. The molecule has 21 heavy (non-hydrogen) atoms. The third-order valence-corrected chi connectivity index (χ3v) is 3.52. The van der Waals surface area contributed by atoms with Crippen LogP contribution < -0.4 is 10.2 Å². The van der Waals surface area contributed by atoms with Gasteiger partial charge in [0.05, 0.1) is 12.2 Å². The van der Waals surface area contributed by atoms with Gasteiger partial charge in [-0.25, -0.2) is 4.98 Å². The highest BCUT2D eigenvalue weighted by atomic mass is 15.2. The van der Waals surface area contributed by atoms with E-state index in [0.717, 1.165) is 30.3 Å². The van der Waals surface area contributed by atoms with Crippen LogP contribution in [-0.2, 0) is 6.54 Å². The number of anilines is 1. The zero-order valence-electron chi connectivity index (χ0n) is 13.3. The first-order valence-electron chi connectivity index (χ1n) is 7.43. The maximum absolute atomic E-state index is 4.54. The predicted octanol–water partition coefficient (Wildman–Crippen LogP) is 3.09. The molecular weight excluding hydrogens is 260 g/mol. The van der Waals surface area contributed by atoms with Crippen LogP contribution in [0.1, 0.15) is 36.8 Å². The van der Waals surface area contributed by atoms with Gasteiger partial charge in [0.25, 0.3) is 0 Å². The van der Waals surface area contributed by atoms with Gasteiger partial charge in [0.15, 0.2) is 0 Å². The number of hydrogen-bond donors (Lipinski definition) is 1. The summed E-state index contributed by atoms with van der Waals surface area (Å²) in [7, 11) is 2.05. The summed E-state index contributed by atoms with van der Waals surface area (Å²) in [5, 5.41) is 3.43. The van der Waals surface area contributed by atoms with Gasteiger partial charge in [-0.15, -0.1) is 0 Å². The molecule has 0 spiro atoms. The standard InChI is InChI=1S/C17H24N4/c1-5-18-14(3)15-9-10-19-17(11-15)21(4)12-16-8-6-7-13(2)20-16/h6-11,14,18H,5,12H2,1-4H3. The Labute approximate surface area is 127 Å². The van der Waals surface area contributed by atoms with E-state index < -0.39 is 0 Å². The van der Waals surface area contributed by atoms with Gasteiger partial charge in [-0.1, -0.05) is 13.0 Å². The summed E-state index contributed by atoms with van der Waals surface area (Å²) in [6, 6.07) is 10.7. The molecule has 0 amide bonds. The average molecular weight is 284 g/mol. The zero-order valence-corrected chi connectivity index (χ0v) is 13.3. The number of pyridine rings is 2. The Hall–Kier alpha value is -1.94. The first-order chi connectivity index (χ1) is 10.1. The van der Waals surface area contributed by atoms with Crippen molar-refractivity contribution >= 4 is 5.82 Å². The molecule has 112 valence electrons. The number of hydrogen-bond acceptors (Lipinski definition) is 4. The van der Waals surface area contributed by atoms with E-state index in [0.29, 0.717) is 6.04 Å². The first-order valence-corrected chi connectivity index (χ1v) is 7.43. The molecule has 1 unspecified atom stereocenters. The largest absolute Gasteiger partial charge is 0.354 e. The molecular formula is C17H24N4. The monoisotopic (exact) mass is 284 g/mol. The van der Waals surface area contributed by atoms with Gasteiger partial charge in [0, 0.05) is 25.0 Å². The van der Waals surface area contributed by atoms with Gasteiger partial charge in [-0.05, 0) is 50.2 Å². The van der Waals surface area contributed by atoms with Gasteiger partial charge in [-0.2, -0.15) is 0 Å². The van der Waals surface area contributed by atoms with Crippen LogP contribution in [0.2, 0.25) is 0 Å². The summed E-state index contributed by atoms with van der Waals surface area (Å²) in [5.74, 6) is 0.973. The molecule has 0 aliphatic rings. The van der Waals surface area contributed by atoms with E-state index in [1.807, 2.05) is 32.3 Å². The molecule has 4 heteroatoms. The van der Waals surface area contributed by atoms with Crippen LogP contribution in [-0.4, -0.2) is 23.6 Å². The van der Waals surface area contributed by atoms with Crippen molar-refractivity contribution < 1.29 is 0 Å². The molecule has 0 aliphatic heterocycles. The lowest BCUT2D eigenvalue weighted by molar-refractivity contribution is 0.597. The fourth-order valence-corrected chi connectivity index (χ4v) is 2.35. The highest BCUT2D eigenvalue weighted by molar-refractivity contribution is 5.41. The Kier molecular flexibility index (Phi) is 5.28. The van der Waals surface area contributed by atoms with Gasteiger partial charge in [0.2, 0.25) is 0 Å². The zero-order chi connectivity index (χ0) is 15.2. The van der Waals surface area contributed by atoms with Crippen molar-refractivity contribution in [2.75, 3.05) is 18.5 Å². The van der Waals surface area contributed by atoms with Gasteiger partial charge in [-0.3, -0.25) is 4.98 Å². The molecule has 0 aromatic carbocycles. The average Bonchev–Trinajstić information content (AvgIpc) is 2.47. The van der Waals surface area contributed by atoms with Crippen molar-refractivity contribution in [1.29, 1.82) is 0 Å². The summed E-state index contributed by atoms with van der Waals surface area (Å²) in [6.45, 7) is 8.02. The normalized spacial score (nSPS) is 12.2. The molecule has 0 fully saturated rings. The topological polar surface area (TPSA) is 41.1 Å². The van der Waals surface area contributed by atoms with Crippen LogP contribution in [0.3, 0.4) is 0 Å². The Morgan fingerprint density at radius 3 is 2.81 bits per heavy atom. The molecule has 4 nitrogen and oxygen atoms in total. The summed E-state index contributed by atoms with van der Waals surface area (Å²) < 4.78 is 0.